The first-order valence-corrected chi connectivity index (χ1v) is 7.68. The van der Waals surface area contributed by atoms with E-state index in [1.54, 1.807) is 0 Å². The van der Waals surface area contributed by atoms with Crippen molar-refractivity contribution in [3.05, 3.63) is 48.0 Å². The normalized spacial score (nSPS) is 28.0. The minimum atomic E-state index is -0.327. The number of β-amino-alcohol motifs (C(OH)–C–C–N with tert-alkyl or cyclic N) is 1. The Hall–Kier alpha value is -1.87. The van der Waals surface area contributed by atoms with Crippen LogP contribution in [0.25, 0.3) is 10.8 Å². The molecule has 3 atom stereocenters. The van der Waals surface area contributed by atoms with Gasteiger partial charge in [-0.25, -0.2) is 0 Å². The molecule has 1 amide bonds. The van der Waals surface area contributed by atoms with Crippen molar-refractivity contribution >= 4 is 16.7 Å². The van der Waals surface area contributed by atoms with E-state index in [9.17, 15) is 9.90 Å². The number of hydrogen-bond donors (Lipinski definition) is 1. The van der Waals surface area contributed by atoms with Crippen LogP contribution >= 0.6 is 0 Å². The van der Waals surface area contributed by atoms with Gasteiger partial charge in [0, 0.05) is 19.0 Å². The number of benzene rings is 2. The van der Waals surface area contributed by atoms with Gasteiger partial charge in [-0.3, -0.25) is 4.79 Å². The van der Waals surface area contributed by atoms with Crippen molar-refractivity contribution in [2.45, 2.75) is 24.9 Å². The molecule has 2 unspecified atom stereocenters. The molecule has 1 saturated heterocycles. The second-order valence-electron chi connectivity index (χ2n) is 6.28. The maximum atomic E-state index is 12.4. The maximum Gasteiger partial charge on any atom is 0.226 e. The summed E-state index contributed by atoms with van der Waals surface area (Å²) in [4.78, 5) is 14.2. The first kappa shape index (κ1) is 12.8. The van der Waals surface area contributed by atoms with Crippen LogP contribution in [0.15, 0.2) is 42.5 Å². The van der Waals surface area contributed by atoms with Gasteiger partial charge in [0.15, 0.2) is 0 Å². The molecule has 0 bridgehead atoms. The molecule has 2 aliphatic rings. The number of nitrogens with zero attached hydrogens (tertiary/aromatic N) is 1. The van der Waals surface area contributed by atoms with E-state index in [1.807, 2.05) is 17.0 Å². The summed E-state index contributed by atoms with van der Waals surface area (Å²) in [6, 6.07) is 14.8. The van der Waals surface area contributed by atoms with E-state index in [2.05, 4.69) is 30.3 Å². The lowest BCUT2D eigenvalue weighted by molar-refractivity contribution is -0.131. The molecule has 2 aromatic carbocycles. The van der Waals surface area contributed by atoms with Crippen LogP contribution < -0.4 is 0 Å². The molecule has 1 aliphatic heterocycles. The molecule has 21 heavy (non-hydrogen) atoms. The zero-order valence-electron chi connectivity index (χ0n) is 11.9. The third-order valence-electron chi connectivity index (χ3n) is 4.78. The summed E-state index contributed by atoms with van der Waals surface area (Å²) in [5, 5.41) is 12.0. The van der Waals surface area contributed by atoms with Gasteiger partial charge in [0.25, 0.3) is 0 Å². The van der Waals surface area contributed by atoms with Crippen LogP contribution in [0.1, 0.15) is 24.3 Å². The molecule has 1 aliphatic carbocycles. The van der Waals surface area contributed by atoms with Crippen molar-refractivity contribution in [1.29, 1.82) is 0 Å². The molecule has 3 nitrogen and oxygen atoms in total. The first-order chi connectivity index (χ1) is 10.2. The van der Waals surface area contributed by atoms with Crippen molar-refractivity contribution in [3.8, 4) is 0 Å². The highest BCUT2D eigenvalue weighted by atomic mass is 16.3. The lowest BCUT2D eigenvalue weighted by Gasteiger charge is -2.15. The average molecular weight is 281 g/mol. The van der Waals surface area contributed by atoms with Crippen LogP contribution in [0.4, 0.5) is 0 Å². The van der Waals surface area contributed by atoms with E-state index in [-0.39, 0.29) is 17.9 Å². The number of hydrogen-bond acceptors (Lipinski definition) is 2. The second kappa shape index (κ2) is 4.85. The number of carbonyl (C=O) groups is 1. The van der Waals surface area contributed by atoms with Gasteiger partial charge in [0.1, 0.15) is 0 Å². The third-order valence-corrected chi connectivity index (χ3v) is 4.78. The third kappa shape index (κ3) is 2.32. The van der Waals surface area contributed by atoms with Crippen LogP contribution in [0.5, 0.6) is 0 Å². The fourth-order valence-electron chi connectivity index (χ4n) is 3.45. The molecule has 2 aromatic rings. The van der Waals surface area contributed by atoms with Crippen molar-refractivity contribution in [2.75, 3.05) is 13.1 Å². The van der Waals surface area contributed by atoms with E-state index in [0.29, 0.717) is 19.0 Å². The zero-order chi connectivity index (χ0) is 14.4. The van der Waals surface area contributed by atoms with E-state index < -0.39 is 0 Å². The largest absolute Gasteiger partial charge is 0.391 e. The highest BCUT2D eigenvalue weighted by molar-refractivity contribution is 5.86. The summed E-state index contributed by atoms with van der Waals surface area (Å²) in [5.74, 6) is 0.709. The quantitative estimate of drug-likeness (QED) is 0.919. The van der Waals surface area contributed by atoms with Crippen LogP contribution in [-0.2, 0) is 4.79 Å². The molecule has 0 radical (unpaired) electrons. The van der Waals surface area contributed by atoms with Crippen LogP contribution in [-0.4, -0.2) is 35.1 Å². The lowest BCUT2D eigenvalue weighted by atomic mass is 10.0. The molecule has 0 spiro atoms. The highest BCUT2D eigenvalue weighted by Gasteiger charge is 2.46. The molecule has 1 saturated carbocycles. The molecule has 3 heteroatoms. The second-order valence-corrected chi connectivity index (χ2v) is 6.28. The van der Waals surface area contributed by atoms with Gasteiger partial charge >= 0.3 is 0 Å². The Balaban J connectivity index is 1.51. The predicted octanol–water partition coefficient (Wildman–Crippen LogP) is 2.54. The van der Waals surface area contributed by atoms with Crippen LogP contribution in [0, 0.1) is 5.92 Å². The van der Waals surface area contributed by atoms with Gasteiger partial charge < -0.3 is 10.0 Å². The van der Waals surface area contributed by atoms with Gasteiger partial charge in [-0.15, -0.1) is 0 Å². The Morgan fingerprint density at radius 1 is 1.14 bits per heavy atom. The summed E-state index contributed by atoms with van der Waals surface area (Å²) < 4.78 is 0. The summed E-state index contributed by atoms with van der Waals surface area (Å²) in [5.41, 5.74) is 1.27. The number of aliphatic hydroxyl groups is 1. The monoisotopic (exact) mass is 281 g/mol. The highest BCUT2D eigenvalue weighted by Crippen LogP contribution is 2.49. The molecule has 4 rings (SSSR count). The molecular formula is C18H19NO2. The lowest BCUT2D eigenvalue weighted by Crippen LogP contribution is -2.31. The Morgan fingerprint density at radius 2 is 1.95 bits per heavy atom. The number of likely N-dealkylation sites (tertiary alicyclic amines) is 1. The predicted molar refractivity (Wildman–Crippen MR) is 82.0 cm³/mol. The fourth-order valence-corrected chi connectivity index (χ4v) is 3.45. The zero-order valence-corrected chi connectivity index (χ0v) is 11.9. The Labute approximate surface area is 124 Å². The van der Waals surface area contributed by atoms with E-state index in [1.165, 1.54) is 16.3 Å². The van der Waals surface area contributed by atoms with Gasteiger partial charge in [0.05, 0.1) is 6.10 Å². The first-order valence-electron chi connectivity index (χ1n) is 7.68. The van der Waals surface area contributed by atoms with Crippen molar-refractivity contribution in [3.63, 3.8) is 0 Å². The minimum Gasteiger partial charge on any atom is -0.391 e. The molecule has 0 aromatic heterocycles. The Bertz CT molecular complexity index is 696. The standard InChI is InChI=1S/C18H19NO2/c20-15-7-8-19(11-15)18(21)17-10-16(17)14-6-5-12-3-1-2-4-13(12)9-14/h1-6,9,15-17,20H,7-8,10-11H2/t15-,16?,17?/m1/s1. The fraction of sp³-hybridized carbons (Fsp3) is 0.389. The van der Waals surface area contributed by atoms with Crippen molar-refractivity contribution in [1.82, 2.24) is 4.90 Å². The summed E-state index contributed by atoms with van der Waals surface area (Å²) in [6.45, 7) is 1.22. The molecule has 2 fully saturated rings. The van der Waals surface area contributed by atoms with Gasteiger partial charge in [-0.1, -0.05) is 42.5 Å². The SMILES string of the molecule is O=C(C1CC1c1ccc2ccccc2c1)N1CC[C@@H](O)C1. The molecule has 1 N–H and O–H groups in total. The topological polar surface area (TPSA) is 40.5 Å². The van der Waals surface area contributed by atoms with Crippen molar-refractivity contribution in [2.24, 2.45) is 5.92 Å². The van der Waals surface area contributed by atoms with E-state index in [0.717, 1.165) is 12.8 Å². The summed E-state index contributed by atoms with van der Waals surface area (Å²) in [7, 11) is 0. The Morgan fingerprint density at radius 3 is 2.71 bits per heavy atom. The number of aliphatic hydroxyl groups excluding tert-OH is 1. The smallest absolute Gasteiger partial charge is 0.226 e. The number of rotatable bonds is 2. The summed E-state index contributed by atoms with van der Waals surface area (Å²) >= 11 is 0. The average Bonchev–Trinajstić information content (AvgIpc) is 3.20. The van der Waals surface area contributed by atoms with Gasteiger partial charge in [-0.2, -0.15) is 0 Å². The minimum absolute atomic E-state index is 0.122. The Kier molecular flexibility index (Phi) is 2.96. The van der Waals surface area contributed by atoms with Gasteiger partial charge in [0.2, 0.25) is 5.91 Å². The van der Waals surface area contributed by atoms with Crippen LogP contribution in [0.2, 0.25) is 0 Å². The van der Waals surface area contributed by atoms with E-state index in [4.69, 9.17) is 0 Å². The van der Waals surface area contributed by atoms with Crippen LogP contribution in [0.3, 0.4) is 0 Å². The molecular weight excluding hydrogens is 262 g/mol. The van der Waals surface area contributed by atoms with Crippen molar-refractivity contribution < 1.29 is 9.90 Å². The molecule has 1 heterocycles. The number of carbonyl (C=O) groups excluding carboxylic acids is 1. The molecule has 108 valence electrons. The maximum absolute atomic E-state index is 12.4. The van der Waals surface area contributed by atoms with E-state index >= 15 is 0 Å². The summed E-state index contributed by atoms with van der Waals surface area (Å²) in [6.07, 6.45) is 1.34. The van der Waals surface area contributed by atoms with Gasteiger partial charge in [-0.05, 0) is 35.1 Å². The number of fused-ring (bicyclic) bond motifs is 1. The number of amides is 1.